The van der Waals surface area contributed by atoms with Crippen molar-refractivity contribution in [2.45, 2.75) is 6.92 Å². The van der Waals surface area contributed by atoms with Crippen LogP contribution in [0.1, 0.15) is 26.4 Å². The second kappa shape index (κ2) is 5.44. The first-order chi connectivity index (χ1) is 9.15. The molecule has 96 valence electrons. The number of hydrogen-bond donors (Lipinski definition) is 0. The molecule has 0 saturated carbocycles. The Kier molecular flexibility index (Phi) is 3.71. The number of methoxy groups -OCH3 is 1. The lowest BCUT2D eigenvalue weighted by Crippen LogP contribution is -2.03. The van der Waals surface area contributed by atoms with E-state index in [-0.39, 0.29) is 5.69 Å². The summed E-state index contributed by atoms with van der Waals surface area (Å²) >= 11 is 0. The van der Waals surface area contributed by atoms with Crippen LogP contribution >= 0.6 is 0 Å². The topological polar surface area (TPSA) is 56.3 Å². The van der Waals surface area contributed by atoms with Crippen LogP contribution < -0.4 is 0 Å². The summed E-state index contributed by atoms with van der Waals surface area (Å²) in [4.78, 5) is 26.4. The highest BCUT2D eigenvalue weighted by Crippen LogP contribution is 2.23. The van der Waals surface area contributed by atoms with Gasteiger partial charge in [0, 0.05) is 17.3 Å². The summed E-state index contributed by atoms with van der Waals surface area (Å²) in [5, 5.41) is 0. The first kappa shape index (κ1) is 13.0. The Bertz CT molecular complexity index is 618. The largest absolute Gasteiger partial charge is 0.464 e. The highest BCUT2D eigenvalue weighted by atomic mass is 16.5. The van der Waals surface area contributed by atoms with Crippen LogP contribution in [0.25, 0.3) is 11.1 Å². The molecule has 4 nitrogen and oxygen atoms in total. The van der Waals surface area contributed by atoms with Crippen molar-refractivity contribution in [3.05, 3.63) is 53.3 Å². The third-order valence-electron chi connectivity index (χ3n) is 2.80. The van der Waals surface area contributed by atoms with Gasteiger partial charge in [-0.3, -0.25) is 4.79 Å². The van der Waals surface area contributed by atoms with Gasteiger partial charge in [0.15, 0.2) is 6.29 Å². The van der Waals surface area contributed by atoms with Gasteiger partial charge in [-0.05, 0) is 18.6 Å². The van der Waals surface area contributed by atoms with Crippen LogP contribution in [0.15, 0.2) is 36.5 Å². The number of pyridine rings is 1. The van der Waals surface area contributed by atoms with Crippen LogP contribution in [0.5, 0.6) is 0 Å². The van der Waals surface area contributed by atoms with Gasteiger partial charge in [-0.1, -0.05) is 29.8 Å². The average Bonchev–Trinajstić information content (AvgIpc) is 2.46. The number of aromatic nitrogens is 1. The van der Waals surface area contributed by atoms with Crippen LogP contribution in [-0.4, -0.2) is 24.3 Å². The molecule has 1 heterocycles. The number of ether oxygens (including phenoxy) is 1. The number of rotatable bonds is 3. The number of nitrogens with zero attached hydrogens (tertiary/aromatic N) is 1. The average molecular weight is 255 g/mol. The third kappa shape index (κ3) is 2.68. The van der Waals surface area contributed by atoms with Gasteiger partial charge in [0.2, 0.25) is 0 Å². The van der Waals surface area contributed by atoms with Crippen molar-refractivity contribution in [1.82, 2.24) is 4.98 Å². The molecule has 0 aliphatic carbocycles. The fourth-order valence-corrected chi connectivity index (χ4v) is 1.80. The summed E-state index contributed by atoms with van der Waals surface area (Å²) in [6.45, 7) is 1.95. The Morgan fingerprint density at radius 3 is 2.63 bits per heavy atom. The molecule has 0 amide bonds. The van der Waals surface area contributed by atoms with E-state index >= 15 is 0 Å². The minimum Gasteiger partial charge on any atom is -0.464 e. The number of aldehydes is 1. The van der Waals surface area contributed by atoms with Gasteiger partial charge >= 0.3 is 5.97 Å². The molecule has 1 aromatic heterocycles. The molecule has 19 heavy (non-hydrogen) atoms. The first-order valence-electron chi connectivity index (χ1n) is 5.76. The van der Waals surface area contributed by atoms with Crippen molar-refractivity contribution in [3.63, 3.8) is 0 Å². The third-order valence-corrected chi connectivity index (χ3v) is 2.80. The van der Waals surface area contributed by atoms with Crippen LogP contribution in [-0.2, 0) is 4.74 Å². The number of aryl methyl sites for hydroxylation is 1. The van der Waals surface area contributed by atoms with Gasteiger partial charge in [-0.2, -0.15) is 0 Å². The Morgan fingerprint density at radius 2 is 2.05 bits per heavy atom. The van der Waals surface area contributed by atoms with Crippen molar-refractivity contribution < 1.29 is 14.3 Å². The quantitative estimate of drug-likeness (QED) is 0.625. The number of carbonyl (C=O) groups excluding carboxylic acids is 2. The first-order valence-corrected chi connectivity index (χ1v) is 5.76. The number of benzene rings is 1. The molecule has 0 spiro atoms. The Balaban J connectivity index is 2.45. The summed E-state index contributed by atoms with van der Waals surface area (Å²) in [6, 6.07) is 8.90. The van der Waals surface area contributed by atoms with Crippen molar-refractivity contribution in [2.24, 2.45) is 0 Å². The Morgan fingerprint density at radius 1 is 1.26 bits per heavy atom. The minimum atomic E-state index is -0.480. The van der Waals surface area contributed by atoms with E-state index in [2.05, 4.69) is 9.72 Å². The molecule has 0 radical (unpaired) electrons. The van der Waals surface area contributed by atoms with Gasteiger partial charge in [0.25, 0.3) is 0 Å². The molecule has 4 heteroatoms. The van der Waals surface area contributed by atoms with Crippen LogP contribution in [0, 0.1) is 6.92 Å². The summed E-state index contributed by atoms with van der Waals surface area (Å²) < 4.78 is 4.59. The predicted octanol–water partition coefficient (Wildman–Crippen LogP) is 2.66. The monoisotopic (exact) mass is 255 g/mol. The van der Waals surface area contributed by atoms with Crippen LogP contribution in [0.3, 0.4) is 0 Å². The molecular weight excluding hydrogens is 242 g/mol. The van der Waals surface area contributed by atoms with E-state index in [4.69, 9.17) is 0 Å². The maximum Gasteiger partial charge on any atom is 0.356 e. The maximum atomic E-state index is 11.3. The summed E-state index contributed by atoms with van der Waals surface area (Å²) in [6.07, 6.45) is 2.37. The molecule has 2 aromatic rings. The summed E-state index contributed by atoms with van der Waals surface area (Å²) in [5.41, 5.74) is 3.49. The Labute approximate surface area is 111 Å². The summed E-state index contributed by atoms with van der Waals surface area (Å²) in [7, 11) is 1.31. The molecule has 2 rings (SSSR count). The van der Waals surface area contributed by atoms with Crippen molar-refractivity contribution in [1.29, 1.82) is 0 Å². The molecule has 0 N–H and O–H groups in total. The minimum absolute atomic E-state index is 0.242. The van der Waals surface area contributed by atoms with E-state index in [1.165, 1.54) is 7.11 Å². The fraction of sp³-hybridized carbons (Fsp3) is 0.133. The van der Waals surface area contributed by atoms with Crippen molar-refractivity contribution >= 4 is 12.3 Å². The molecule has 1 aromatic carbocycles. The highest BCUT2D eigenvalue weighted by molar-refractivity contribution is 5.90. The maximum absolute atomic E-state index is 11.3. The van der Waals surface area contributed by atoms with E-state index < -0.39 is 5.97 Å². The predicted molar refractivity (Wildman–Crippen MR) is 71.1 cm³/mol. The normalized spacial score (nSPS) is 10.0. The van der Waals surface area contributed by atoms with E-state index in [9.17, 15) is 9.59 Å². The van der Waals surface area contributed by atoms with Crippen molar-refractivity contribution in [3.8, 4) is 11.1 Å². The van der Waals surface area contributed by atoms with E-state index in [1.807, 2.05) is 19.1 Å². The molecular formula is C15H13NO3. The molecule has 0 bridgehead atoms. The number of hydrogen-bond acceptors (Lipinski definition) is 4. The smallest absolute Gasteiger partial charge is 0.356 e. The molecule has 0 saturated heterocycles. The standard InChI is InChI=1S/C15H13NO3/c1-10-3-4-12(9-17)13(7-10)11-5-6-14(16-8-11)15(18)19-2/h3-9H,1-2H3. The lowest BCUT2D eigenvalue weighted by Gasteiger charge is -2.06. The van der Waals surface area contributed by atoms with Gasteiger partial charge < -0.3 is 4.74 Å². The zero-order valence-electron chi connectivity index (χ0n) is 10.7. The van der Waals surface area contributed by atoms with Gasteiger partial charge in [-0.15, -0.1) is 0 Å². The highest BCUT2D eigenvalue weighted by Gasteiger charge is 2.09. The summed E-state index contributed by atoms with van der Waals surface area (Å²) in [5.74, 6) is -0.480. The lowest BCUT2D eigenvalue weighted by atomic mass is 9.99. The van der Waals surface area contributed by atoms with Crippen molar-refractivity contribution in [2.75, 3.05) is 7.11 Å². The second-order valence-corrected chi connectivity index (χ2v) is 4.13. The van der Waals surface area contributed by atoms with Gasteiger partial charge in [0.05, 0.1) is 7.11 Å². The molecule has 0 aliphatic rings. The molecule has 0 aliphatic heterocycles. The van der Waals surface area contributed by atoms with Crippen LogP contribution in [0.2, 0.25) is 0 Å². The van der Waals surface area contributed by atoms with E-state index in [0.29, 0.717) is 5.56 Å². The molecule has 0 atom stereocenters. The van der Waals surface area contributed by atoms with Gasteiger partial charge in [-0.25, -0.2) is 9.78 Å². The molecule has 0 fully saturated rings. The zero-order chi connectivity index (χ0) is 13.8. The lowest BCUT2D eigenvalue weighted by molar-refractivity contribution is 0.0594. The van der Waals surface area contributed by atoms with E-state index in [1.54, 1.807) is 24.4 Å². The zero-order valence-corrected chi connectivity index (χ0v) is 10.7. The van der Waals surface area contributed by atoms with Gasteiger partial charge in [0.1, 0.15) is 5.69 Å². The van der Waals surface area contributed by atoms with E-state index in [0.717, 1.165) is 23.0 Å². The number of esters is 1. The van der Waals surface area contributed by atoms with Crippen LogP contribution in [0.4, 0.5) is 0 Å². The number of carbonyl (C=O) groups is 2. The fourth-order valence-electron chi connectivity index (χ4n) is 1.80. The SMILES string of the molecule is COC(=O)c1ccc(-c2cc(C)ccc2C=O)cn1. The second-order valence-electron chi connectivity index (χ2n) is 4.13. The Hall–Kier alpha value is -2.49. The molecule has 0 unspecified atom stereocenters.